The molecule has 0 heterocycles. The highest BCUT2D eigenvalue weighted by Crippen LogP contribution is 2.30. The van der Waals surface area contributed by atoms with E-state index in [0.29, 0.717) is 34.7 Å². The first-order chi connectivity index (χ1) is 19.0. The smallest absolute Gasteiger partial charge is 0.399 e. The standard InChI is InChI=1S/C32H29F7O/c1-2-3-4-5-20-6-10-23(27(33)17-20)11-7-21-9-15-26-25(16-21)14-13-24(30(26)36)12-8-22-18-28(34)31(29(35)19-22)40-32(37,38)39/h6,9-10,13-19H,2-5,7-8,11-12H2,1H3. The molecule has 0 aliphatic carbocycles. The van der Waals surface area contributed by atoms with Crippen LogP contribution < -0.4 is 4.74 Å². The second-order valence-corrected chi connectivity index (χ2v) is 9.91. The summed E-state index contributed by atoms with van der Waals surface area (Å²) in [6, 6.07) is 15.5. The second kappa shape index (κ2) is 12.7. The van der Waals surface area contributed by atoms with Gasteiger partial charge >= 0.3 is 6.36 Å². The lowest BCUT2D eigenvalue weighted by Crippen LogP contribution is -2.19. The van der Waals surface area contributed by atoms with Crippen molar-refractivity contribution in [3.63, 3.8) is 0 Å². The zero-order valence-electron chi connectivity index (χ0n) is 22.0. The van der Waals surface area contributed by atoms with E-state index < -0.39 is 29.6 Å². The Morgan fingerprint density at radius 2 is 1.20 bits per heavy atom. The van der Waals surface area contributed by atoms with Crippen LogP contribution in [-0.2, 0) is 32.1 Å². The fraction of sp³-hybridized carbons (Fsp3) is 0.312. The van der Waals surface area contributed by atoms with Crippen LogP contribution >= 0.6 is 0 Å². The molecule has 0 aliphatic heterocycles. The maximum absolute atomic E-state index is 15.2. The Bertz CT molecular complexity index is 1450. The highest BCUT2D eigenvalue weighted by molar-refractivity contribution is 5.84. The predicted molar refractivity (Wildman–Crippen MR) is 141 cm³/mol. The number of hydrogen-bond acceptors (Lipinski definition) is 1. The van der Waals surface area contributed by atoms with Crippen LogP contribution in [0.2, 0.25) is 0 Å². The van der Waals surface area contributed by atoms with Gasteiger partial charge in [-0.05, 0) is 89.9 Å². The largest absolute Gasteiger partial charge is 0.573 e. The molecule has 4 rings (SSSR count). The van der Waals surface area contributed by atoms with Gasteiger partial charge in [0.05, 0.1) is 0 Å². The first kappa shape index (κ1) is 29.4. The van der Waals surface area contributed by atoms with Crippen LogP contribution in [0.25, 0.3) is 10.8 Å². The van der Waals surface area contributed by atoms with Crippen molar-refractivity contribution in [3.8, 4) is 5.75 Å². The summed E-state index contributed by atoms with van der Waals surface area (Å²) in [5.74, 6) is -5.19. The molecule has 0 fully saturated rings. The quantitative estimate of drug-likeness (QED) is 0.131. The van der Waals surface area contributed by atoms with Crippen molar-refractivity contribution in [1.29, 1.82) is 0 Å². The fourth-order valence-corrected chi connectivity index (χ4v) is 4.79. The molecule has 0 bridgehead atoms. The van der Waals surface area contributed by atoms with Gasteiger partial charge in [0.15, 0.2) is 11.6 Å². The third-order valence-electron chi connectivity index (χ3n) is 6.93. The van der Waals surface area contributed by atoms with Gasteiger partial charge in [-0.1, -0.05) is 62.2 Å². The molecule has 0 N–H and O–H groups in total. The maximum Gasteiger partial charge on any atom is 0.573 e. The number of benzene rings is 4. The molecule has 0 spiro atoms. The molecule has 4 aromatic rings. The third kappa shape index (κ3) is 7.55. The van der Waals surface area contributed by atoms with Crippen molar-refractivity contribution in [1.82, 2.24) is 0 Å². The Balaban J connectivity index is 1.41. The number of alkyl halides is 3. The van der Waals surface area contributed by atoms with E-state index in [-0.39, 0.29) is 24.2 Å². The summed E-state index contributed by atoms with van der Waals surface area (Å²) < 4.78 is 98.3. The zero-order chi connectivity index (χ0) is 28.9. The highest BCUT2D eigenvalue weighted by atomic mass is 19.4. The number of ether oxygens (including phenoxy) is 1. The molecular formula is C32H29F7O. The monoisotopic (exact) mass is 562 g/mol. The lowest BCUT2D eigenvalue weighted by Gasteiger charge is -2.12. The van der Waals surface area contributed by atoms with Crippen LogP contribution in [-0.4, -0.2) is 6.36 Å². The summed E-state index contributed by atoms with van der Waals surface area (Å²) in [6.45, 7) is 2.13. The molecule has 40 heavy (non-hydrogen) atoms. The predicted octanol–water partition coefficient (Wildman–Crippen LogP) is 9.60. The van der Waals surface area contributed by atoms with Crippen LogP contribution in [0.5, 0.6) is 5.75 Å². The molecule has 0 saturated heterocycles. The summed E-state index contributed by atoms with van der Waals surface area (Å²) in [5.41, 5.74) is 2.93. The molecule has 1 nitrogen and oxygen atoms in total. The minimum atomic E-state index is -5.23. The van der Waals surface area contributed by atoms with Gasteiger partial charge in [-0.15, -0.1) is 13.2 Å². The minimum absolute atomic E-state index is 0.00358. The van der Waals surface area contributed by atoms with E-state index in [1.165, 1.54) is 0 Å². The Morgan fingerprint density at radius 1 is 0.600 bits per heavy atom. The third-order valence-corrected chi connectivity index (χ3v) is 6.93. The van der Waals surface area contributed by atoms with Gasteiger partial charge in [-0.3, -0.25) is 0 Å². The van der Waals surface area contributed by atoms with E-state index >= 15 is 4.39 Å². The van der Waals surface area contributed by atoms with Gasteiger partial charge in [0.2, 0.25) is 5.75 Å². The van der Waals surface area contributed by atoms with E-state index in [9.17, 15) is 26.3 Å². The molecule has 0 radical (unpaired) electrons. The lowest BCUT2D eigenvalue weighted by atomic mass is 9.96. The van der Waals surface area contributed by atoms with Crippen molar-refractivity contribution in [2.24, 2.45) is 0 Å². The topological polar surface area (TPSA) is 9.23 Å². The van der Waals surface area contributed by atoms with Crippen LogP contribution in [0.15, 0.2) is 60.7 Å². The summed E-state index contributed by atoms with van der Waals surface area (Å²) in [5, 5.41) is 1.03. The van der Waals surface area contributed by atoms with Crippen molar-refractivity contribution >= 4 is 10.8 Å². The van der Waals surface area contributed by atoms with E-state index in [1.807, 2.05) is 18.2 Å². The molecule has 0 amide bonds. The van der Waals surface area contributed by atoms with E-state index in [1.54, 1.807) is 30.3 Å². The summed E-state index contributed by atoms with van der Waals surface area (Å²) >= 11 is 0. The molecule has 4 aromatic carbocycles. The molecule has 212 valence electrons. The lowest BCUT2D eigenvalue weighted by molar-refractivity contribution is -0.276. The van der Waals surface area contributed by atoms with Crippen LogP contribution in [0.3, 0.4) is 0 Å². The van der Waals surface area contributed by atoms with Crippen molar-refractivity contribution < 1.29 is 35.5 Å². The van der Waals surface area contributed by atoms with Crippen molar-refractivity contribution in [3.05, 3.63) is 112 Å². The van der Waals surface area contributed by atoms with Gasteiger partial charge < -0.3 is 4.74 Å². The number of fused-ring (bicyclic) bond motifs is 1. The summed E-state index contributed by atoms with van der Waals surface area (Å²) in [6.07, 6.45) is 0.0677. The Kier molecular flexibility index (Phi) is 9.38. The maximum atomic E-state index is 15.2. The van der Waals surface area contributed by atoms with E-state index in [0.717, 1.165) is 48.9 Å². The zero-order valence-corrected chi connectivity index (χ0v) is 22.0. The van der Waals surface area contributed by atoms with E-state index in [4.69, 9.17) is 0 Å². The second-order valence-electron chi connectivity index (χ2n) is 9.91. The minimum Gasteiger partial charge on any atom is -0.399 e. The normalized spacial score (nSPS) is 11.8. The van der Waals surface area contributed by atoms with Gasteiger partial charge in [0, 0.05) is 5.39 Å². The number of halogens is 7. The number of aryl methyl sites for hydroxylation is 5. The van der Waals surface area contributed by atoms with Crippen molar-refractivity contribution in [2.75, 3.05) is 0 Å². The SMILES string of the molecule is CCCCCc1ccc(CCc2ccc3c(F)c(CCc4cc(F)c(OC(F)(F)F)c(F)c4)ccc3c2)c(F)c1. The van der Waals surface area contributed by atoms with Gasteiger partial charge in [0.1, 0.15) is 11.6 Å². The summed E-state index contributed by atoms with van der Waals surface area (Å²) in [4.78, 5) is 0. The Labute approximate surface area is 228 Å². The van der Waals surface area contributed by atoms with Gasteiger partial charge in [0.25, 0.3) is 0 Å². The summed E-state index contributed by atoms with van der Waals surface area (Å²) in [7, 11) is 0. The average Bonchev–Trinajstić information content (AvgIpc) is 2.89. The molecular weight excluding hydrogens is 533 g/mol. The first-order valence-corrected chi connectivity index (χ1v) is 13.2. The van der Waals surface area contributed by atoms with Gasteiger partial charge in [-0.2, -0.15) is 0 Å². The molecule has 8 heteroatoms. The number of unbranched alkanes of at least 4 members (excludes halogenated alkanes) is 2. The number of rotatable bonds is 11. The number of hydrogen-bond donors (Lipinski definition) is 0. The molecule has 0 aromatic heterocycles. The first-order valence-electron chi connectivity index (χ1n) is 13.2. The average molecular weight is 563 g/mol. The van der Waals surface area contributed by atoms with Crippen LogP contribution in [0, 0.1) is 23.3 Å². The molecule has 0 unspecified atom stereocenters. The fourth-order valence-electron chi connectivity index (χ4n) is 4.79. The molecule has 0 saturated carbocycles. The Hall–Kier alpha value is -3.55. The van der Waals surface area contributed by atoms with E-state index in [2.05, 4.69) is 11.7 Å². The van der Waals surface area contributed by atoms with Crippen molar-refractivity contribution in [2.45, 2.75) is 64.7 Å². The molecule has 0 aliphatic rings. The van der Waals surface area contributed by atoms with Crippen LogP contribution in [0.1, 0.15) is 54.0 Å². The molecule has 0 atom stereocenters. The Morgan fingerprint density at radius 3 is 1.88 bits per heavy atom. The van der Waals surface area contributed by atoms with Crippen LogP contribution in [0.4, 0.5) is 30.7 Å². The highest BCUT2D eigenvalue weighted by Gasteiger charge is 2.34. The van der Waals surface area contributed by atoms with Gasteiger partial charge in [-0.25, -0.2) is 17.6 Å².